The molecule has 21 heavy (non-hydrogen) atoms. The van der Waals surface area contributed by atoms with Crippen molar-refractivity contribution in [2.45, 2.75) is 13.3 Å². The van der Waals surface area contributed by atoms with Crippen molar-refractivity contribution in [3.8, 4) is 0 Å². The summed E-state index contributed by atoms with van der Waals surface area (Å²) in [6.45, 7) is 2.68. The van der Waals surface area contributed by atoms with E-state index in [2.05, 4.69) is 28.5 Å². The topological polar surface area (TPSA) is 44.9 Å². The maximum Gasteiger partial charge on any atom is 0.267 e. The quantitative estimate of drug-likeness (QED) is 0.754. The number of benzene rings is 2. The number of amides is 1. The zero-order chi connectivity index (χ0) is 14.7. The number of hydrogen-bond acceptors (Lipinski definition) is 1. The van der Waals surface area contributed by atoms with Crippen LogP contribution in [0.3, 0.4) is 0 Å². The molecule has 106 valence electrons. The summed E-state index contributed by atoms with van der Waals surface area (Å²) < 4.78 is 0. The predicted octanol–water partition coefficient (Wildman–Crippen LogP) is 3.45. The second-order valence-electron chi connectivity index (χ2n) is 5.27. The lowest BCUT2D eigenvalue weighted by molar-refractivity contribution is 0.0950. The number of fused-ring (bicyclic) bond motifs is 1. The van der Waals surface area contributed by atoms with Gasteiger partial charge in [0.15, 0.2) is 0 Å². The fraction of sp³-hybridized carbons (Fsp3) is 0.167. The van der Waals surface area contributed by atoms with E-state index in [9.17, 15) is 4.79 Å². The summed E-state index contributed by atoms with van der Waals surface area (Å²) in [6.07, 6.45) is 0.839. The smallest absolute Gasteiger partial charge is 0.267 e. The summed E-state index contributed by atoms with van der Waals surface area (Å²) in [5.74, 6) is -0.0558. The Morgan fingerprint density at radius 1 is 1.10 bits per heavy atom. The summed E-state index contributed by atoms with van der Waals surface area (Å²) in [6, 6.07) is 18.2. The van der Waals surface area contributed by atoms with Crippen LogP contribution in [0.4, 0.5) is 0 Å². The standard InChI is InChI=1S/C18H18N2O/c1-13-7-8-16-15(11-13)12-17(20-16)18(21)19-10-9-14-5-3-2-4-6-14/h2-8,11-12,20H,9-10H2,1H3,(H,19,21). The highest BCUT2D eigenvalue weighted by Crippen LogP contribution is 2.16. The van der Waals surface area contributed by atoms with E-state index in [1.54, 1.807) is 0 Å². The molecule has 3 aromatic rings. The zero-order valence-electron chi connectivity index (χ0n) is 12.0. The average molecular weight is 278 g/mol. The lowest BCUT2D eigenvalue weighted by Crippen LogP contribution is -2.25. The molecule has 1 amide bonds. The molecule has 0 bridgehead atoms. The Balaban J connectivity index is 1.64. The van der Waals surface area contributed by atoms with Crippen molar-refractivity contribution in [3.05, 3.63) is 71.4 Å². The first-order chi connectivity index (χ1) is 10.2. The van der Waals surface area contributed by atoms with Crippen LogP contribution >= 0.6 is 0 Å². The first-order valence-electron chi connectivity index (χ1n) is 7.14. The van der Waals surface area contributed by atoms with Gasteiger partial charge in [-0.25, -0.2) is 0 Å². The van der Waals surface area contributed by atoms with Gasteiger partial charge in [-0.1, -0.05) is 42.0 Å². The number of hydrogen-bond donors (Lipinski definition) is 2. The third-order valence-corrected chi connectivity index (χ3v) is 3.56. The SMILES string of the molecule is Cc1ccc2[nH]c(C(=O)NCCc3ccccc3)cc2c1. The molecule has 0 radical (unpaired) electrons. The van der Waals surface area contributed by atoms with Gasteiger partial charge in [-0.15, -0.1) is 0 Å². The van der Waals surface area contributed by atoms with Gasteiger partial charge in [-0.2, -0.15) is 0 Å². The van der Waals surface area contributed by atoms with E-state index in [4.69, 9.17) is 0 Å². The van der Waals surface area contributed by atoms with Gasteiger partial charge >= 0.3 is 0 Å². The van der Waals surface area contributed by atoms with Crippen molar-refractivity contribution in [1.29, 1.82) is 0 Å². The van der Waals surface area contributed by atoms with Crippen LogP contribution in [0.15, 0.2) is 54.6 Å². The second kappa shape index (κ2) is 5.83. The molecule has 0 saturated carbocycles. The Hall–Kier alpha value is -2.55. The number of H-pyrrole nitrogens is 1. The van der Waals surface area contributed by atoms with E-state index in [-0.39, 0.29) is 5.91 Å². The van der Waals surface area contributed by atoms with Gasteiger partial charge in [0.05, 0.1) is 0 Å². The highest BCUT2D eigenvalue weighted by atomic mass is 16.1. The van der Waals surface area contributed by atoms with E-state index in [1.165, 1.54) is 11.1 Å². The van der Waals surface area contributed by atoms with E-state index in [0.717, 1.165) is 17.3 Å². The largest absolute Gasteiger partial charge is 0.351 e. The molecule has 1 heterocycles. The summed E-state index contributed by atoms with van der Waals surface area (Å²) in [5, 5.41) is 4.03. The highest BCUT2D eigenvalue weighted by Gasteiger charge is 2.08. The van der Waals surface area contributed by atoms with Crippen molar-refractivity contribution in [3.63, 3.8) is 0 Å². The van der Waals surface area contributed by atoms with Gasteiger partial charge in [0, 0.05) is 17.4 Å². The molecule has 0 atom stereocenters. The fourth-order valence-corrected chi connectivity index (χ4v) is 2.43. The average Bonchev–Trinajstić information content (AvgIpc) is 2.91. The lowest BCUT2D eigenvalue weighted by Gasteiger charge is -2.03. The van der Waals surface area contributed by atoms with Crippen LogP contribution in [-0.4, -0.2) is 17.4 Å². The maximum absolute atomic E-state index is 12.1. The van der Waals surface area contributed by atoms with Crippen molar-refractivity contribution in [2.75, 3.05) is 6.54 Å². The molecule has 2 N–H and O–H groups in total. The maximum atomic E-state index is 12.1. The minimum atomic E-state index is -0.0558. The molecule has 0 aliphatic rings. The molecule has 0 spiro atoms. The fourth-order valence-electron chi connectivity index (χ4n) is 2.43. The molecule has 2 aromatic carbocycles. The predicted molar refractivity (Wildman–Crippen MR) is 85.5 cm³/mol. The number of carbonyl (C=O) groups is 1. The molecular weight excluding hydrogens is 260 g/mol. The first kappa shape index (κ1) is 13.4. The van der Waals surface area contributed by atoms with Crippen LogP contribution in [0.2, 0.25) is 0 Å². The summed E-state index contributed by atoms with van der Waals surface area (Å²) >= 11 is 0. The highest BCUT2D eigenvalue weighted by molar-refractivity contribution is 5.98. The number of aromatic nitrogens is 1. The lowest BCUT2D eigenvalue weighted by atomic mass is 10.1. The molecule has 0 unspecified atom stereocenters. The minimum absolute atomic E-state index is 0.0558. The Kier molecular flexibility index (Phi) is 3.73. The minimum Gasteiger partial charge on any atom is -0.351 e. The normalized spacial score (nSPS) is 10.7. The van der Waals surface area contributed by atoms with Gasteiger partial charge in [-0.05, 0) is 37.1 Å². The van der Waals surface area contributed by atoms with E-state index in [1.807, 2.05) is 43.3 Å². The summed E-state index contributed by atoms with van der Waals surface area (Å²) in [7, 11) is 0. The second-order valence-corrected chi connectivity index (χ2v) is 5.27. The molecular formula is C18H18N2O. The molecule has 0 aliphatic heterocycles. The first-order valence-corrected chi connectivity index (χ1v) is 7.14. The number of aromatic amines is 1. The monoisotopic (exact) mass is 278 g/mol. The summed E-state index contributed by atoms with van der Waals surface area (Å²) in [4.78, 5) is 15.3. The van der Waals surface area contributed by atoms with Crippen molar-refractivity contribution in [1.82, 2.24) is 10.3 Å². The van der Waals surface area contributed by atoms with E-state index >= 15 is 0 Å². The number of aryl methyl sites for hydroxylation is 1. The van der Waals surface area contributed by atoms with E-state index < -0.39 is 0 Å². The van der Waals surface area contributed by atoms with Gasteiger partial charge in [0.25, 0.3) is 5.91 Å². The molecule has 0 saturated heterocycles. The van der Waals surface area contributed by atoms with Gasteiger partial charge in [-0.3, -0.25) is 4.79 Å². The van der Waals surface area contributed by atoms with Crippen molar-refractivity contribution >= 4 is 16.8 Å². The van der Waals surface area contributed by atoms with Crippen LogP contribution in [0.25, 0.3) is 10.9 Å². The number of carbonyl (C=O) groups excluding carboxylic acids is 1. The molecule has 0 aliphatic carbocycles. The molecule has 3 heteroatoms. The molecule has 3 nitrogen and oxygen atoms in total. The number of rotatable bonds is 4. The van der Waals surface area contributed by atoms with Crippen LogP contribution in [0.1, 0.15) is 21.6 Å². The van der Waals surface area contributed by atoms with Gasteiger partial charge < -0.3 is 10.3 Å². The van der Waals surface area contributed by atoms with Crippen molar-refractivity contribution in [2.24, 2.45) is 0 Å². The Bertz CT molecular complexity index is 759. The third-order valence-electron chi connectivity index (χ3n) is 3.56. The Labute approximate surface area is 124 Å². The van der Waals surface area contributed by atoms with Crippen molar-refractivity contribution < 1.29 is 4.79 Å². The van der Waals surface area contributed by atoms with Gasteiger partial charge in [0.2, 0.25) is 0 Å². The van der Waals surface area contributed by atoms with Crippen LogP contribution in [0, 0.1) is 6.92 Å². The Morgan fingerprint density at radius 2 is 1.90 bits per heavy atom. The molecule has 0 fully saturated rings. The van der Waals surface area contributed by atoms with E-state index in [0.29, 0.717) is 12.2 Å². The van der Waals surface area contributed by atoms with Gasteiger partial charge in [0.1, 0.15) is 5.69 Å². The van der Waals surface area contributed by atoms with Crippen LogP contribution < -0.4 is 5.32 Å². The Morgan fingerprint density at radius 3 is 2.71 bits per heavy atom. The summed E-state index contributed by atoms with van der Waals surface area (Å²) in [5.41, 5.74) is 4.03. The third kappa shape index (κ3) is 3.14. The van der Waals surface area contributed by atoms with Crippen LogP contribution in [0.5, 0.6) is 0 Å². The number of nitrogens with one attached hydrogen (secondary N) is 2. The zero-order valence-corrected chi connectivity index (χ0v) is 12.0. The molecule has 1 aromatic heterocycles. The van der Waals surface area contributed by atoms with Crippen LogP contribution in [-0.2, 0) is 6.42 Å². The molecule has 3 rings (SSSR count).